The molecule has 6 nitrogen and oxygen atoms in total. The maximum Gasteiger partial charge on any atom is 0.253 e. The SMILES string of the molecule is CC1CCc2nnc(N3CCC(Cn4cnc(C(C)C)cc4=O)CC3)cc2C1. The Kier molecular flexibility index (Phi) is 5.47. The molecule has 0 amide bonds. The third kappa shape index (κ3) is 4.10. The van der Waals surface area contributed by atoms with E-state index in [4.69, 9.17) is 0 Å². The van der Waals surface area contributed by atoms with Crippen LogP contribution in [0.3, 0.4) is 0 Å². The van der Waals surface area contributed by atoms with Crippen LogP contribution in [0.1, 0.15) is 62.9 Å². The van der Waals surface area contributed by atoms with E-state index >= 15 is 0 Å². The molecular formula is C22H31N5O. The molecule has 0 N–H and O–H groups in total. The van der Waals surface area contributed by atoms with Crippen molar-refractivity contribution in [2.45, 2.75) is 65.3 Å². The van der Waals surface area contributed by atoms with Gasteiger partial charge in [0.2, 0.25) is 0 Å². The van der Waals surface area contributed by atoms with Crippen molar-refractivity contribution in [2.75, 3.05) is 18.0 Å². The molecule has 1 atom stereocenters. The summed E-state index contributed by atoms with van der Waals surface area (Å²) in [6.45, 7) is 9.14. The fourth-order valence-corrected chi connectivity index (χ4v) is 4.36. The summed E-state index contributed by atoms with van der Waals surface area (Å²) >= 11 is 0. The molecule has 0 radical (unpaired) electrons. The van der Waals surface area contributed by atoms with E-state index in [9.17, 15) is 4.79 Å². The Bertz CT molecular complexity index is 883. The van der Waals surface area contributed by atoms with E-state index in [1.165, 1.54) is 17.7 Å². The molecule has 2 aliphatic rings. The summed E-state index contributed by atoms with van der Waals surface area (Å²) in [5.74, 6) is 2.55. The Balaban J connectivity index is 1.37. The minimum Gasteiger partial charge on any atom is -0.355 e. The molecule has 0 spiro atoms. The van der Waals surface area contributed by atoms with Crippen LogP contribution in [0.2, 0.25) is 0 Å². The fourth-order valence-electron chi connectivity index (χ4n) is 4.36. The number of piperidine rings is 1. The van der Waals surface area contributed by atoms with Gasteiger partial charge in [-0.25, -0.2) is 4.98 Å². The number of anilines is 1. The van der Waals surface area contributed by atoms with Crippen molar-refractivity contribution in [3.05, 3.63) is 45.8 Å². The molecule has 0 saturated carbocycles. The van der Waals surface area contributed by atoms with Crippen molar-refractivity contribution in [3.8, 4) is 0 Å². The third-order valence-corrected chi connectivity index (χ3v) is 6.28. The minimum absolute atomic E-state index is 0.0656. The van der Waals surface area contributed by atoms with Crippen LogP contribution in [0.15, 0.2) is 23.3 Å². The molecule has 0 aromatic carbocycles. The highest BCUT2D eigenvalue weighted by Crippen LogP contribution is 2.28. The number of hydrogen-bond donors (Lipinski definition) is 0. The van der Waals surface area contributed by atoms with E-state index in [1.807, 2.05) is 0 Å². The number of nitrogens with zero attached hydrogens (tertiary/aromatic N) is 5. The van der Waals surface area contributed by atoms with Gasteiger partial charge in [0.25, 0.3) is 5.56 Å². The zero-order valence-corrected chi connectivity index (χ0v) is 17.3. The van der Waals surface area contributed by atoms with E-state index in [0.29, 0.717) is 5.92 Å². The number of hydrogen-bond acceptors (Lipinski definition) is 5. The zero-order valence-electron chi connectivity index (χ0n) is 17.3. The minimum atomic E-state index is 0.0656. The van der Waals surface area contributed by atoms with Crippen LogP contribution in [0.4, 0.5) is 5.82 Å². The van der Waals surface area contributed by atoms with Crippen LogP contribution in [-0.4, -0.2) is 32.8 Å². The summed E-state index contributed by atoms with van der Waals surface area (Å²) in [7, 11) is 0. The van der Waals surface area contributed by atoms with Gasteiger partial charge in [-0.2, -0.15) is 5.10 Å². The highest BCUT2D eigenvalue weighted by molar-refractivity contribution is 5.42. The smallest absolute Gasteiger partial charge is 0.253 e. The molecular weight excluding hydrogens is 350 g/mol. The van der Waals surface area contributed by atoms with Gasteiger partial charge in [0.05, 0.1) is 17.7 Å². The van der Waals surface area contributed by atoms with E-state index in [0.717, 1.165) is 62.7 Å². The maximum absolute atomic E-state index is 12.4. The molecule has 1 aliphatic heterocycles. The summed E-state index contributed by atoms with van der Waals surface area (Å²) in [6, 6.07) is 3.95. The van der Waals surface area contributed by atoms with Gasteiger partial charge in [-0.3, -0.25) is 9.36 Å². The lowest BCUT2D eigenvalue weighted by atomic mass is 9.88. The molecule has 2 aromatic rings. The average molecular weight is 382 g/mol. The van der Waals surface area contributed by atoms with Gasteiger partial charge in [-0.05, 0) is 61.5 Å². The number of fused-ring (bicyclic) bond motifs is 1. The normalized spacial score (nSPS) is 20.4. The van der Waals surface area contributed by atoms with Crippen LogP contribution < -0.4 is 10.5 Å². The summed E-state index contributed by atoms with van der Waals surface area (Å²) in [5.41, 5.74) is 3.51. The van der Waals surface area contributed by atoms with Crippen molar-refractivity contribution in [1.29, 1.82) is 0 Å². The predicted octanol–water partition coefficient (Wildman–Crippen LogP) is 3.20. The lowest BCUT2D eigenvalue weighted by molar-refractivity contribution is 0.349. The lowest BCUT2D eigenvalue weighted by Gasteiger charge is -2.33. The van der Waals surface area contributed by atoms with E-state index < -0.39 is 0 Å². The Labute approximate surface area is 167 Å². The second kappa shape index (κ2) is 8.02. The Hall–Kier alpha value is -2.24. The van der Waals surface area contributed by atoms with Crippen LogP contribution in [0.25, 0.3) is 0 Å². The average Bonchev–Trinajstić information content (AvgIpc) is 2.69. The van der Waals surface area contributed by atoms with Crippen molar-refractivity contribution in [3.63, 3.8) is 0 Å². The van der Waals surface area contributed by atoms with E-state index in [1.54, 1.807) is 17.0 Å². The predicted molar refractivity (Wildman–Crippen MR) is 111 cm³/mol. The monoisotopic (exact) mass is 381 g/mol. The van der Waals surface area contributed by atoms with E-state index in [2.05, 4.69) is 46.9 Å². The van der Waals surface area contributed by atoms with Gasteiger partial charge < -0.3 is 4.90 Å². The van der Waals surface area contributed by atoms with Gasteiger partial charge in [-0.15, -0.1) is 5.10 Å². The molecule has 1 fully saturated rings. The Morgan fingerprint density at radius 3 is 2.64 bits per heavy atom. The van der Waals surface area contributed by atoms with Crippen LogP contribution in [0.5, 0.6) is 0 Å². The van der Waals surface area contributed by atoms with E-state index in [-0.39, 0.29) is 11.5 Å². The third-order valence-electron chi connectivity index (χ3n) is 6.28. The van der Waals surface area contributed by atoms with Gasteiger partial charge in [-0.1, -0.05) is 20.8 Å². The topological polar surface area (TPSA) is 63.9 Å². The first-order valence-electron chi connectivity index (χ1n) is 10.7. The zero-order chi connectivity index (χ0) is 19.7. The largest absolute Gasteiger partial charge is 0.355 e. The van der Waals surface area contributed by atoms with Crippen molar-refractivity contribution in [2.24, 2.45) is 11.8 Å². The molecule has 6 heteroatoms. The van der Waals surface area contributed by atoms with Gasteiger partial charge >= 0.3 is 0 Å². The summed E-state index contributed by atoms with van der Waals surface area (Å²) in [4.78, 5) is 19.2. The molecule has 1 unspecified atom stereocenters. The fraction of sp³-hybridized carbons (Fsp3) is 0.636. The van der Waals surface area contributed by atoms with Crippen LogP contribution in [-0.2, 0) is 19.4 Å². The van der Waals surface area contributed by atoms with Crippen molar-refractivity contribution < 1.29 is 0 Å². The van der Waals surface area contributed by atoms with Crippen molar-refractivity contribution in [1.82, 2.24) is 19.7 Å². The van der Waals surface area contributed by atoms with Crippen molar-refractivity contribution >= 4 is 5.82 Å². The number of aromatic nitrogens is 4. The number of aryl methyl sites for hydroxylation is 1. The Morgan fingerprint density at radius 2 is 1.93 bits per heavy atom. The van der Waals surface area contributed by atoms with Crippen LogP contribution >= 0.6 is 0 Å². The standard InChI is InChI=1S/C22H31N5O/c1-15(2)20-12-22(28)27(14-23-20)13-17-6-8-26(9-7-17)21-11-18-10-16(3)4-5-19(18)24-25-21/h11-12,14-17H,4-10,13H2,1-3H3. The highest BCUT2D eigenvalue weighted by atomic mass is 16.1. The summed E-state index contributed by atoms with van der Waals surface area (Å²) in [5, 5.41) is 9.00. The second-order valence-electron chi connectivity index (χ2n) is 8.91. The maximum atomic E-state index is 12.4. The highest BCUT2D eigenvalue weighted by Gasteiger charge is 2.23. The number of rotatable bonds is 4. The molecule has 28 heavy (non-hydrogen) atoms. The summed E-state index contributed by atoms with van der Waals surface area (Å²) < 4.78 is 1.77. The second-order valence-corrected chi connectivity index (χ2v) is 8.91. The molecule has 4 rings (SSSR count). The molecule has 1 saturated heterocycles. The first-order valence-corrected chi connectivity index (χ1v) is 10.7. The van der Waals surface area contributed by atoms with Gasteiger partial charge in [0.1, 0.15) is 0 Å². The molecule has 3 heterocycles. The lowest BCUT2D eigenvalue weighted by Crippen LogP contribution is -2.37. The molecule has 2 aromatic heterocycles. The first kappa shape index (κ1) is 19.1. The molecule has 0 bridgehead atoms. The van der Waals surface area contributed by atoms with Crippen LogP contribution in [0, 0.1) is 11.8 Å². The quantitative estimate of drug-likeness (QED) is 0.814. The molecule has 150 valence electrons. The summed E-state index contributed by atoms with van der Waals surface area (Å²) in [6.07, 6.45) is 7.25. The Morgan fingerprint density at radius 1 is 1.14 bits per heavy atom. The van der Waals surface area contributed by atoms with Gasteiger partial charge in [0.15, 0.2) is 5.82 Å². The molecule has 1 aliphatic carbocycles. The van der Waals surface area contributed by atoms with Gasteiger partial charge in [0, 0.05) is 25.7 Å². The first-order chi connectivity index (χ1) is 13.5.